The molecule has 2 aromatic carbocycles. The third-order valence-corrected chi connectivity index (χ3v) is 6.02. The summed E-state index contributed by atoms with van der Waals surface area (Å²) in [7, 11) is 1.59. The van der Waals surface area contributed by atoms with Crippen LogP contribution < -0.4 is 4.74 Å². The quantitative estimate of drug-likeness (QED) is 0.539. The molecule has 0 radical (unpaired) electrons. The lowest BCUT2D eigenvalue weighted by molar-refractivity contribution is 0.0507. The Balaban J connectivity index is 2.06. The van der Waals surface area contributed by atoms with Crippen LogP contribution in [0.4, 0.5) is 0 Å². The smallest absolute Gasteiger partial charge is 0.338 e. The molecule has 30 heavy (non-hydrogen) atoms. The number of aromatic carboxylic acids is 1. The molecule has 1 aliphatic rings. The van der Waals surface area contributed by atoms with Crippen molar-refractivity contribution in [2.24, 2.45) is 5.92 Å². The van der Waals surface area contributed by atoms with E-state index in [-0.39, 0.29) is 5.56 Å². The maximum absolute atomic E-state index is 12.8. The molecule has 1 aliphatic carbocycles. The number of hydrogen-bond donors (Lipinski definition) is 1. The largest absolute Gasteiger partial charge is 0.495 e. The second-order valence-corrected chi connectivity index (χ2v) is 7.94. The molecule has 1 N–H and O–H groups in total. The molecule has 0 amide bonds. The Morgan fingerprint density at radius 2 is 1.87 bits per heavy atom. The number of nitrogens with zero attached hydrogens (tertiary/aromatic N) is 1. The molecule has 0 saturated heterocycles. The first kappa shape index (κ1) is 20.3. The number of carboxylic acids is 1. The predicted molar refractivity (Wildman–Crippen MR) is 115 cm³/mol. The third kappa shape index (κ3) is 3.40. The number of methoxy groups -OCH3 is 1. The van der Waals surface area contributed by atoms with Gasteiger partial charge in [0.2, 0.25) is 0 Å². The first-order valence-electron chi connectivity index (χ1n) is 10.6. The summed E-state index contributed by atoms with van der Waals surface area (Å²) in [5, 5.41) is 11.1. The lowest BCUT2D eigenvalue weighted by Gasteiger charge is -2.15. The number of benzene rings is 2. The summed E-state index contributed by atoms with van der Waals surface area (Å²) in [4.78, 5) is 24.9. The minimum Gasteiger partial charge on any atom is -0.495 e. The third-order valence-electron chi connectivity index (χ3n) is 6.02. The van der Waals surface area contributed by atoms with E-state index in [1.165, 1.54) is 12.8 Å². The second-order valence-electron chi connectivity index (χ2n) is 7.94. The van der Waals surface area contributed by atoms with Gasteiger partial charge in [-0.15, -0.1) is 0 Å². The monoisotopic (exact) mass is 409 g/mol. The van der Waals surface area contributed by atoms with Crippen molar-refractivity contribution >= 4 is 33.7 Å². The highest BCUT2D eigenvalue weighted by molar-refractivity contribution is 6.23. The van der Waals surface area contributed by atoms with E-state index >= 15 is 0 Å². The molecule has 0 aliphatic heterocycles. The fourth-order valence-corrected chi connectivity index (χ4v) is 4.67. The van der Waals surface area contributed by atoms with Crippen LogP contribution >= 0.6 is 0 Å². The highest BCUT2D eigenvalue weighted by Gasteiger charge is 2.26. The van der Waals surface area contributed by atoms with Crippen molar-refractivity contribution in [2.75, 3.05) is 13.7 Å². The average molecular weight is 409 g/mol. The van der Waals surface area contributed by atoms with Gasteiger partial charge in [-0.3, -0.25) is 0 Å². The van der Waals surface area contributed by atoms with Crippen LogP contribution in [-0.2, 0) is 11.3 Å². The Kier molecular flexibility index (Phi) is 5.66. The Hall–Kier alpha value is -3.02. The van der Waals surface area contributed by atoms with E-state index in [0.29, 0.717) is 34.6 Å². The molecule has 0 atom stereocenters. The molecule has 0 spiro atoms. The van der Waals surface area contributed by atoms with Crippen molar-refractivity contribution in [3.63, 3.8) is 0 Å². The van der Waals surface area contributed by atoms with Crippen LogP contribution in [0, 0.1) is 5.92 Å². The lowest BCUT2D eigenvalue weighted by Crippen LogP contribution is -2.08. The van der Waals surface area contributed by atoms with Gasteiger partial charge in [-0.25, -0.2) is 9.59 Å². The van der Waals surface area contributed by atoms with Crippen molar-refractivity contribution in [3.8, 4) is 5.75 Å². The predicted octanol–water partition coefficient (Wildman–Crippen LogP) is 5.26. The fraction of sp³-hybridized carbons (Fsp3) is 0.417. The number of fused-ring (bicyclic) bond motifs is 3. The van der Waals surface area contributed by atoms with E-state index in [1.807, 2.05) is 19.1 Å². The molecule has 1 saturated carbocycles. The molecule has 4 rings (SSSR count). The van der Waals surface area contributed by atoms with Gasteiger partial charge in [-0.1, -0.05) is 25.8 Å². The molecule has 1 aromatic heterocycles. The topological polar surface area (TPSA) is 77.8 Å². The average Bonchev–Trinajstić information content (AvgIpc) is 3.38. The first-order valence-corrected chi connectivity index (χ1v) is 10.6. The minimum atomic E-state index is -1.03. The number of ether oxygens (including phenoxy) is 2. The van der Waals surface area contributed by atoms with E-state index in [2.05, 4.69) is 4.57 Å². The maximum Gasteiger partial charge on any atom is 0.338 e. The van der Waals surface area contributed by atoms with E-state index < -0.39 is 11.9 Å². The van der Waals surface area contributed by atoms with Gasteiger partial charge in [0.15, 0.2) is 0 Å². The van der Waals surface area contributed by atoms with Crippen LogP contribution in [-0.4, -0.2) is 35.3 Å². The number of aromatic nitrogens is 1. The standard InChI is InChI=1S/C24H27NO5/c1-3-13-30-24(28)17-9-6-10-18-20(17)21-16(23(26)27)11-12-19(29-2)22(21)25(18)14-15-7-4-5-8-15/h6,9-12,15H,3-5,7-8,13-14H2,1-2H3,(H,26,27). The summed E-state index contributed by atoms with van der Waals surface area (Å²) in [6, 6.07) is 8.75. The zero-order valence-electron chi connectivity index (χ0n) is 17.4. The van der Waals surface area contributed by atoms with Gasteiger partial charge in [0, 0.05) is 17.3 Å². The number of carbonyl (C=O) groups is 2. The van der Waals surface area contributed by atoms with Crippen molar-refractivity contribution in [2.45, 2.75) is 45.6 Å². The van der Waals surface area contributed by atoms with E-state index in [1.54, 1.807) is 25.3 Å². The number of esters is 1. The molecule has 1 heterocycles. The summed E-state index contributed by atoms with van der Waals surface area (Å²) in [6.07, 6.45) is 5.46. The number of rotatable bonds is 7. The summed E-state index contributed by atoms with van der Waals surface area (Å²) < 4.78 is 13.2. The summed E-state index contributed by atoms with van der Waals surface area (Å²) in [5.41, 5.74) is 2.13. The molecule has 6 heteroatoms. The number of carbonyl (C=O) groups excluding carboxylic acids is 1. The Morgan fingerprint density at radius 1 is 1.10 bits per heavy atom. The highest BCUT2D eigenvalue weighted by atomic mass is 16.5. The molecule has 158 valence electrons. The Labute approximate surface area is 175 Å². The second kappa shape index (κ2) is 8.38. The zero-order valence-corrected chi connectivity index (χ0v) is 17.4. The summed E-state index contributed by atoms with van der Waals surface area (Å²) in [6.45, 7) is 3.03. The van der Waals surface area contributed by atoms with Crippen molar-refractivity contribution in [3.05, 3.63) is 41.5 Å². The van der Waals surface area contributed by atoms with Crippen molar-refractivity contribution in [1.29, 1.82) is 0 Å². The molecular weight excluding hydrogens is 382 g/mol. The summed E-state index contributed by atoms with van der Waals surface area (Å²) >= 11 is 0. The molecule has 3 aromatic rings. The van der Waals surface area contributed by atoms with Gasteiger partial charge < -0.3 is 19.1 Å². The number of hydrogen-bond acceptors (Lipinski definition) is 4. The van der Waals surface area contributed by atoms with Crippen LogP contribution in [0.15, 0.2) is 30.3 Å². The van der Waals surface area contributed by atoms with E-state index in [0.717, 1.165) is 36.8 Å². The van der Waals surface area contributed by atoms with Crippen LogP contribution in [0.25, 0.3) is 21.8 Å². The Bertz CT molecular complexity index is 1110. The Morgan fingerprint density at radius 3 is 2.53 bits per heavy atom. The van der Waals surface area contributed by atoms with Crippen LogP contribution in [0.1, 0.15) is 59.7 Å². The van der Waals surface area contributed by atoms with Gasteiger partial charge in [0.1, 0.15) is 5.75 Å². The normalized spacial score (nSPS) is 14.5. The van der Waals surface area contributed by atoms with Crippen LogP contribution in [0.3, 0.4) is 0 Å². The summed E-state index contributed by atoms with van der Waals surface area (Å²) in [5.74, 6) is -0.324. The van der Waals surface area contributed by atoms with Gasteiger partial charge in [-0.05, 0) is 49.4 Å². The molecule has 1 fully saturated rings. The van der Waals surface area contributed by atoms with E-state index in [4.69, 9.17) is 9.47 Å². The molecular formula is C24H27NO5. The van der Waals surface area contributed by atoms with Gasteiger partial charge in [0.05, 0.1) is 35.9 Å². The van der Waals surface area contributed by atoms with Crippen molar-refractivity contribution in [1.82, 2.24) is 4.57 Å². The highest BCUT2D eigenvalue weighted by Crippen LogP contribution is 2.40. The van der Waals surface area contributed by atoms with Crippen LogP contribution in [0.5, 0.6) is 5.75 Å². The maximum atomic E-state index is 12.8. The fourth-order valence-electron chi connectivity index (χ4n) is 4.67. The van der Waals surface area contributed by atoms with Crippen LogP contribution in [0.2, 0.25) is 0 Å². The molecule has 0 bridgehead atoms. The van der Waals surface area contributed by atoms with E-state index in [9.17, 15) is 14.7 Å². The van der Waals surface area contributed by atoms with Crippen molar-refractivity contribution < 1.29 is 24.2 Å². The SMILES string of the molecule is CCCOC(=O)c1cccc2c1c1c(C(=O)O)ccc(OC)c1n2CC1CCCC1. The zero-order chi connectivity index (χ0) is 21.3. The number of carboxylic acid groups (broad SMARTS) is 1. The van der Waals surface area contributed by atoms with Gasteiger partial charge >= 0.3 is 11.9 Å². The molecule has 0 unspecified atom stereocenters. The van der Waals surface area contributed by atoms with Gasteiger partial charge in [0.25, 0.3) is 0 Å². The van der Waals surface area contributed by atoms with Gasteiger partial charge in [-0.2, -0.15) is 0 Å². The first-order chi connectivity index (χ1) is 14.6. The lowest BCUT2D eigenvalue weighted by atomic mass is 10.0. The molecule has 6 nitrogen and oxygen atoms in total. The minimum absolute atomic E-state index is 0.164.